The molecule has 4 aliphatic rings. The summed E-state index contributed by atoms with van der Waals surface area (Å²) in [6.45, 7) is 2.13. The molecule has 6 rings (SSSR count). The van der Waals surface area contributed by atoms with E-state index >= 15 is 0 Å². The number of halogens is 2. The molecule has 0 heterocycles. The van der Waals surface area contributed by atoms with Crippen LogP contribution >= 0.6 is 23.2 Å². The third-order valence-corrected chi connectivity index (χ3v) is 7.76. The van der Waals surface area contributed by atoms with Crippen molar-refractivity contribution < 1.29 is 4.79 Å². The molecular formula is C24H25Cl2NO. The lowest BCUT2D eigenvalue weighted by atomic mass is 9.42. The molecule has 0 aromatic heterocycles. The molecule has 4 saturated carbocycles. The number of amides is 1. The molecule has 4 bridgehead atoms. The van der Waals surface area contributed by atoms with Gasteiger partial charge in [0.05, 0.1) is 5.41 Å². The topological polar surface area (TPSA) is 29.1 Å². The van der Waals surface area contributed by atoms with E-state index in [0.29, 0.717) is 27.6 Å². The highest BCUT2D eigenvalue weighted by Gasteiger charge is 2.60. The van der Waals surface area contributed by atoms with Crippen molar-refractivity contribution in [2.24, 2.45) is 17.3 Å². The Bertz CT molecular complexity index is 902. The Labute approximate surface area is 176 Å². The fourth-order valence-electron chi connectivity index (χ4n) is 6.66. The molecule has 0 spiro atoms. The van der Waals surface area contributed by atoms with Crippen LogP contribution in [0.2, 0.25) is 10.0 Å². The van der Waals surface area contributed by atoms with Crippen LogP contribution in [0.15, 0.2) is 42.5 Å². The van der Waals surface area contributed by atoms with Crippen molar-refractivity contribution in [1.29, 1.82) is 0 Å². The lowest BCUT2D eigenvalue weighted by molar-refractivity contribution is -0.143. The van der Waals surface area contributed by atoms with E-state index < -0.39 is 0 Å². The summed E-state index contributed by atoms with van der Waals surface area (Å²) in [4.78, 5) is 13.5. The van der Waals surface area contributed by atoms with Gasteiger partial charge in [-0.1, -0.05) is 53.0 Å². The molecule has 0 radical (unpaired) electrons. The molecule has 2 aromatic rings. The summed E-state index contributed by atoms with van der Waals surface area (Å²) in [6.07, 6.45) is 6.71. The molecule has 4 fully saturated rings. The summed E-state index contributed by atoms with van der Waals surface area (Å²) in [6, 6.07) is 14.3. The highest BCUT2D eigenvalue weighted by Crippen LogP contribution is 2.66. The Morgan fingerprint density at radius 2 is 1.57 bits per heavy atom. The van der Waals surface area contributed by atoms with Gasteiger partial charge in [0.2, 0.25) is 5.91 Å². The average Bonchev–Trinajstić information content (AvgIpc) is 2.60. The SMILES string of the molecule is Cc1ccc(C23C[C@H]4C[C@@H](CC(C(=O)Nc5cc(Cl)cc(Cl)c5)(C4)C2)C3)cc1. The van der Waals surface area contributed by atoms with Crippen molar-refractivity contribution in [3.8, 4) is 0 Å². The number of benzene rings is 2. The van der Waals surface area contributed by atoms with Gasteiger partial charge < -0.3 is 5.32 Å². The van der Waals surface area contributed by atoms with E-state index in [1.807, 2.05) is 0 Å². The van der Waals surface area contributed by atoms with Gasteiger partial charge in [-0.3, -0.25) is 4.79 Å². The predicted molar refractivity (Wildman–Crippen MR) is 115 cm³/mol. The smallest absolute Gasteiger partial charge is 0.230 e. The maximum absolute atomic E-state index is 13.5. The third-order valence-electron chi connectivity index (χ3n) is 7.33. The molecule has 2 atom stereocenters. The van der Waals surface area contributed by atoms with Crippen LogP contribution in [0.4, 0.5) is 5.69 Å². The molecule has 1 N–H and O–H groups in total. The van der Waals surface area contributed by atoms with Crippen molar-refractivity contribution in [3.05, 3.63) is 63.6 Å². The van der Waals surface area contributed by atoms with E-state index in [4.69, 9.17) is 23.2 Å². The standard InChI is InChI=1S/C24H25Cl2NO/c1-15-2-4-18(5-3-15)23-10-16-6-17(11-23)13-24(12-16,14-23)22(28)27-21-8-19(25)7-20(26)9-21/h2-5,7-9,16-17H,6,10-14H2,1H3,(H,27,28)/t16-,17-,23?,24?/m1/s1. The quantitative estimate of drug-likeness (QED) is 0.589. The molecule has 146 valence electrons. The Balaban J connectivity index is 1.47. The fourth-order valence-corrected chi connectivity index (χ4v) is 7.19. The predicted octanol–water partition coefficient (Wildman–Crippen LogP) is 6.78. The number of carbonyl (C=O) groups excluding carboxylic acids is 1. The fraction of sp³-hybridized carbons (Fsp3) is 0.458. The highest BCUT2D eigenvalue weighted by atomic mass is 35.5. The van der Waals surface area contributed by atoms with Crippen LogP contribution in [-0.4, -0.2) is 5.91 Å². The monoisotopic (exact) mass is 413 g/mol. The van der Waals surface area contributed by atoms with E-state index in [9.17, 15) is 4.79 Å². The molecule has 0 unspecified atom stereocenters. The van der Waals surface area contributed by atoms with Gasteiger partial charge in [0.15, 0.2) is 0 Å². The van der Waals surface area contributed by atoms with Crippen molar-refractivity contribution in [3.63, 3.8) is 0 Å². The molecule has 28 heavy (non-hydrogen) atoms. The number of hydrogen-bond acceptors (Lipinski definition) is 1. The first-order valence-corrected chi connectivity index (χ1v) is 11.0. The van der Waals surface area contributed by atoms with Crippen molar-refractivity contribution in [2.75, 3.05) is 5.32 Å². The van der Waals surface area contributed by atoms with Gasteiger partial charge in [0.1, 0.15) is 0 Å². The third kappa shape index (κ3) is 3.06. The summed E-state index contributed by atoms with van der Waals surface area (Å²) in [5.41, 5.74) is 3.29. The van der Waals surface area contributed by atoms with Crippen LogP contribution in [-0.2, 0) is 10.2 Å². The van der Waals surface area contributed by atoms with E-state index in [-0.39, 0.29) is 16.7 Å². The highest BCUT2D eigenvalue weighted by molar-refractivity contribution is 6.35. The second kappa shape index (κ2) is 6.50. The molecular weight excluding hydrogens is 389 g/mol. The number of aryl methyl sites for hydroxylation is 1. The zero-order valence-electron chi connectivity index (χ0n) is 16.1. The minimum Gasteiger partial charge on any atom is -0.326 e. The number of anilines is 1. The van der Waals surface area contributed by atoms with Crippen LogP contribution in [0.1, 0.15) is 49.7 Å². The first-order valence-electron chi connectivity index (χ1n) is 10.2. The second-order valence-electron chi connectivity index (χ2n) is 9.50. The molecule has 1 amide bonds. The lowest BCUT2D eigenvalue weighted by Crippen LogP contribution is -2.57. The lowest BCUT2D eigenvalue weighted by Gasteiger charge is -2.61. The number of nitrogens with one attached hydrogen (secondary N) is 1. The Hall–Kier alpha value is -1.51. The molecule has 0 aliphatic heterocycles. The summed E-state index contributed by atoms with van der Waals surface area (Å²) >= 11 is 12.3. The Kier molecular flexibility index (Phi) is 4.30. The van der Waals surface area contributed by atoms with Crippen molar-refractivity contribution >= 4 is 34.8 Å². The number of carbonyl (C=O) groups is 1. The van der Waals surface area contributed by atoms with Gasteiger partial charge in [0, 0.05) is 15.7 Å². The van der Waals surface area contributed by atoms with Crippen LogP contribution < -0.4 is 5.32 Å². The average molecular weight is 414 g/mol. The minimum atomic E-state index is -0.274. The molecule has 2 aromatic carbocycles. The van der Waals surface area contributed by atoms with Gasteiger partial charge in [-0.05, 0) is 86.5 Å². The molecule has 4 heteroatoms. The first-order chi connectivity index (χ1) is 13.4. The number of hydrogen-bond donors (Lipinski definition) is 1. The zero-order chi connectivity index (χ0) is 19.5. The minimum absolute atomic E-state index is 0.149. The van der Waals surface area contributed by atoms with Crippen molar-refractivity contribution in [1.82, 2.24) is 0 Å². The van der Waals surface area contributed by atoms with Crippen LogP contribution in [0, 0.1) is 24.2 Å². The van der Waals surface area contributed by atoms with E-state index in [0.717, 1.165) is 19.3 Å². The zero-order valence-corrected chi connectivity index (χ0v) is 17.6. The molecule has 4 aliphatic carbocycles. The van der Waals surface area contributed by atoms with E-state index in [1.165, 1.54) is 30.4 Å². The largest absolute Gasteiger partial charge is 0.326 e. The first kappa shape index (κ1) is 18.5. The van der Waals surface area contributed by atoms with Gasteiger partial charge >= 0.3 is 0 Å². The van der Waals surface area contributed by atoms with Crippen LogP contribution in [0.5, 0.6) is 0 Å². The Morgan fingerprint density at radius 1 is 0.964 bits per heavy atom. The molecule has 0 saturated heterocycles. The summed E-state index contributed by atoms with van der Waals surface area (Å²) < 4.78 is 0. The maximum Gasteiger partial charge on any atom is 0.230 e. The second-order valence-corrected chi connectivity index (χ2v) is 10.4. The van der Waals surface area contributed by atoms with Crippen molar-refractivity contribution in [2.45, 2.75) is 50.9 Å². The van der Waals surface area contributed by atoms with Gasteiger partial charge in [0.25, 0.3) is 0 Å². The summed E-state index contributed by atoms with van der Waals surface area (Å²) in [5, 5.41) is 4.24. The van der Waals surface area contributed by atoms with Crippen LogP contribution in [0.25, 0.3) is 0 Å². The maximum atomic E-state index is 13.5. The molecule has 2 nitrogen and oxygen atoms in total. The normalized spacial score (nSPS) is 33.1. The van der Waals surface area contributed by atoms with E-state index in [1.54, 1.807) is 18.2 Å². The van der Waals surface area contributed by atoms with Gasteiger partial charge in [-0.25, -0.2) is 0 Å². The van der Waals surface area contributed by atoms with Crippen LogP contribution in [0.3, 0.4) is 0 Å². The summed E-state index contributed by atoms with van der Waals surface area (Å²) in [7, 11) is 0. The summed E-state index contributed by atoms with van der Waals surface area (Å²) in [5.74, 6) is 1.45. The number of rotatable bonds is 3. The van der Waals surface area contributed by atoms with Gasteiger partial charge in [-0.15, -0.1) is 0 Å². The van der Waals surface area contributed by atoms with Gasteiger partial charge in [-0.2, -0.15) is 0 Å². The Morgan fingerprint density at radius 3 is 2.18 bits per heavy atom. The van der Waals surface area contributed by atoms with E-state index in [2.05, 4.69) is 36.5 Å².